The molecule has 2 unspecified atom stereocenters. The number of nitrogens with zero attached hydrogens (tertiary/aromatic N) is 1. The summed E-state index contributed by atoms with van der Waals surface area (Å²) in [7, 11) is 0. The number of hydrogen-bond acceptors (Lipinski definition) is 4. The fraction of sp³-hybridized carbons (Fsp3) is 0.118. The molecule has 0 amide bonds. The lowest BCUT2D eigenvalue weighted by molar-refractivity contribution is 0.151. The van der Waals surface area contributed by atoms with Crippen molar-refractivity contribution in [1.82, 2.24) is 4.98 Å². The smallest absolute Gasteiger partial charge is 0.226 e. The van der Waals surface area contributed by atoms with Crippen LogP contribution in [-0.4, -0.2) is 15.2 Å². The number of benzene rings is 2. The topological polar surface area (TPSA) is 66.5 Å². The van der Waals surface area contributed by atoms with Crippen molar-refractivity contribution in [2.24, 2.45) is 0 Å². The van der Waals surface area contributed by atoms with Gasteiger partial charge >= 0.3 is 0 Å². The average molecular weight is 297 g/mol. The van der Waals surface area contributed by atoms with Crippen LogP contribution in [0.3, 0.4) is 0 Å². The Morgan fingerprint density at radius 3 is 2.41 bits per heavy atom. The molecule has 0 fully saturated rings. The Balaban J connectivity index is 1.86. The molecule has 1 aromatic heterocycles. The molecule has 4 rings (SSSR count). The maximum atomic E-state index is 13.3. The Hall–Kier alpha value is -2.50. The van der Waals surface area contributed by atoms with Gasteiger partial charge in [-0.2, -0.15) is 0 Å². The highest BCUT2D eigenvalue weighted by Crippen LogP contribution is 2.42. The van der Waals surface area contributed by atoms with E-state index in [2.05, 4.69) is 4.98 Å². The van der Waals surface area contributed by atoms with Crippen LogP contribution in [0.4, 0.5) is 4.39 Å². The largest absolute Gasteiger partial charge is 0.438 e. The van der Waals surface area contributed by atoms with E-state index in [9.17, 15) is 14.6 Å². The SMILES string of the molecule is OC1c2ccccc2C(O)c2oc(-c3cccc(F)c3)nc21. The summed E-state index contributed by atoms with van der Waals surface area (Å²) < 4.78 is 18.9. The first-order valence-corrected chi connectivity index (χ1v) is 6.86. The van der Waals surface area contributed by atoms with E-state index in [1.54, 1.807) is 36.4 Å². The van der Waals surface area contributed by atoms with Gasteiger partial charge in [0, 0.05) is 5.56 Å². The number of hydrogen-bond donors (Lipinski definition) is 2. The Kier molecular flexibility index (Phi) is 2.85. The molecule has 4 nitrogen and oxygen atoms in total. The fourth-order valence-corrected chi connectivity index (χ4v) is 2.78. The lowest BCUT2D eigenvalue weighted by Gasteiger charge is -2.23. The Morgan fingerprint density at radius 2 is 1.68 bits per heavy atom. The number of halogens is 1. The van der Waals surface area contributed by atoms with Gasteiger partial charge in [0.2, 0.25) is 5.89 Å². The molecule has 22 heavy (non-hydrogen) atoms. The lowest BCUT2D eigenvalue weighted by Crippen LogP contribution is -2.16. The fourth-order valence-electron chi connectivity index (χ4n) is 2.78. The third-order valence-electron chi connectivity index (χ3n) is 3.85. The van der Waals surface area contributed by atoms with Crippen LogP contribution in [0, 0.1) is 5.82 Å². The summed E-state index contributed by atoms with van der Waals surface area (Å²) in [4.78, 5) is 4.25. The number of aliphatic hydroxyl groups excluding tert-OH is 2. The highest BCUT2D eigenvalue weighted by Gasteiger charge is 2.35. The zero-order valence-corrected chi connectivity index (χ0v) is 11.4. The number of rotatable bonds is 1. The summed E-state index contributed by atoms with van der Waals surface area (Å²) in [6.45, 7) is 0. The monoisotopic (exact) mass is 297 g/mol. The minimum atomic E-state index is -0.996. The third kappa shape index (κ3) is 1.87. The van der Waals surface area contributed by atoms with Crippen LogP contribution in [0.1, 0.15) is 34.8 Å². The Morgan fingerprint density at radius 1 is 0.955 bits per heavy atom. The summed E-state index contributed by atoms with van der Waals surface area (Å²) in [5, 5.41) is 20.9. The maximum absolute atomic E-state index is 13.3. The van der Waals surface area contributed by atoms with E-state index in [0.29, 0.717) is 16.7 Å². The number of aromatic nitrogens is 1. The van der Waals surface area contributed by atoms with Crippen molar-refractivity contribution in [3.05, 3.63) is 76.9 Å². The van der Waals surface area contributed by atoms with Crippen LogP contribution in [0.15, 0.2) is 52.9 Å². The number of oxazole rings is 1. The molecule has 0 saturated heterocycles. The second-order valence-electron chi connectivity index (χ2n) is 5.21. The van der Waals surface area contributed by atoms with Crippen LogP contribution in [-0.2, 0) is 0 Å². The van der Waals surface area contributed by atoms with Gasteiger partial charge in [0.25, 0.3) is 0 Å². The van der Waals surface area contributed by atoms with Crippen LogP contribution in [0.25, 0.3) is 11.5 Å². The van der Waals surface area contributed by atoms with Gasteiger partial charge in [-0.15, -0.1) is 0 Å². The zero-order chi connectivity index (χ0) is 15.3. The van der Waals surface area contributed by atoms with E-state index in [1.165, 1.54) is 12.1 Å². The molecule has 0 spiro atoms. The molecule has 0 saturated carbocycles. The molecule has 0 radical (unpaired) electrons. The summed E-state index contributed by atoms with van der Waals surface area (Å²) in [6, 6.07) is 12.9. The van der Waals surface area contributed by atoms with Crippen LogP contribution in [0.2, 0.25) is 0 Å². The highest BCUT2D eigenvalue weighted by molar-refractivity contribution is 5.55. The first-order valence-electron chi connectivity index (χ1n) is 6.86. The summed E-state index contributed by atoms with van der Waals surface area (Å²) in [5.41, 5.74) is 1.91. The molecule has 2 N–H and O–H groups in total. The molecule has 110 valence electrons. The quantitative estimate of drug-likeness (QED) is 0.724. The zero-order valence-electron chi connectivity index (χ0n) is 11.4. The van der Waals surface area contributed by atoms with Crippen molar-refractivity contribution in [2.75, 3.05) is 0 Å². The van der Waals surface area contributed by atoms with Crippen molar-refractivity contribution in [3.8, 4) is 11.5 Å². The first-order chi connectivity index (χ1) is 10.6. The van der Waals surface area contributed by atoms with Gasteiger partial charge in [-0.05, 0) is 29.3 Å². The molecule has 5 heteroatoms. The van der Waals surface area contributed by atoms with Crippen molar-refractivity contribution < 1.29 is 19.0 Å². The van der Waals surface area contributed by atoms with Gasteiger partial charge in [-0.25, -0.2) is 9.37 Å². The summed E-state index contributed by atoms with van der Waals surface area (Å²) >= 11 is 0. The number of aliphatic hydroxyl groups is 2. The second kappa shape index (κ2) is 4.76. The molecule has 0 bridgehead atoms. The van der Waals surface area contributed by atoms with E-state index < -0.39 is 18.0 Å². The molecule has 1 aliphatic carbocycles. The van der Waals surface area contributed by atoms with Crippen LogP contribution < -0.4 is 0 Å². The summed E-state index contributed by atoms with van der Waals surface area (Å²) in [6.07, 6.45) is -1.97. The van der Waals surface area contributed by atoms with Gasteiger partial charge < -0.3 is 14.6 Å². The normalized spacial score (nSPS) is 19.6. The van der Waals surface area contributed by atoms with Crippen LogP contribution in [0.5, 0.6) is 0 Å². The van der Waals surface area contributed by atoms with E-state index in [4.69, 9.17) is 4.42 Å². The molecule has 2 aromatic carbocycles. The van der Waals surface area contributed by atoms with Crippen molar-refractivity contribution in [1.29, 1.82) is 0 Å². The van der Waals surface area contributed by atoms with Gasteiger partial charge in [0.15, 0.2) is 5.76 Å². The molecule has 1 aliphatic rings. The molecule has 0 aliphatic heterocycles. The standard InChI is InChI=1S/C17H12FNO3/c18-10-5-3-4-9(8-10)17-19-13-14(20)11-6-1-2-7-12(11)15(21)16(13)22-17/h1-8,14-15,20-21H. The second-order valence-corrected chi connectivity index (χ2v) is 5.21. The molecular formula is C17H12FNO3. The van der Waals surface area contributed by atoms with Gasteiger partial charge in [0.1, 0.15) is 23.7 Å². The van der Waals surface area contributed by atoms with E-state index in [1.807, 2.05) is 0 Å². The first kappa shape index (κ1) is 13.2. The predicted octanol–water partition coefficient (Wildman–Crippen LogP) is 2.96. The van der Waals surface area contributed by atoms with Gasteiger partial charge in [0.05, 0.1) is 0 Å². The minimum absolute atomic E-state index is 0.176. The Labute approximate surface area is 125 Å². The average Bonchev–Trinajstić information content (AvgIpc) is 2.98. The Bertz CT molecular complexity index is 812. The van der Waals surface area contributed by atoms with Crippen molar-refractivity contribution in [3.63, 3.8) is 0 Å². The molecule has 2 atom stereocenters. The third-order valence-corrected chi connectivity index (χ3v) is 3.85. The highest BCUT2D eigenvalue weighted by atomic mass is 19.1. The van der Waals surface area contributed by atoms with E-state index in [0.717, 1.165) is 0 Å². The van der Waals surface area contributed by atoms with Crippen LogP contribution >= 0.6 is 0 Å². The summed E-state index contributed by atoms with van der Waals surface area (Å²) in [5.74, 6) is -0.0288. The van der Waals surface area contributed by atoms with Crippen molar-refractivity contribution >= 4 is 0 Å². The molecule has 1 heterocycles. The molecule has 3 aromatic rings. The van der Waals surface area contributed by atoms with E-state index >= 15 is 0 Å². The number of fused-ring (bicyclic) bond motifs is 2. The maximum Gasteiger partial charge on any atom is 0.226 e. The predicted molar refractivity (Wildman–Crippen MR) is 76.5 cm³/mol. The lowest BCUT2D eigenvalue weighted by atomic mass is 9.88. The van der Waals surface area contributed by atoms with Crippen molar-refractivity contribution in [2.45, 2.75) is 12.2 Å². The van der Waals surface area contributed by atoms with Gasteiger partial charge in [-0.1, -0.05) is 30.3 Å². The van der Waals surface area contributed by atoms with E-state index in [-0.39, 0.29) is 17.3 Å². The molecular weight excluding hydrogens is 285 g/mol. The minimum Gasteiger partial charge on any atom is -0.438 e. The van der Waals surface area contributed by atoms with Gasteiger partial charge in [-0.3, -0.25) is 0 Å².